The number of nitrogens with one attached hydrogen (secondary N) is 1. The van der Waals surface area contributed by atoms with E-state index in [9.17, 15) is 13.2 Å². The molecule has 1 aliphatic carbocycles. The molecule has 0 amide bonds. The number of hydrogen-bond acceptors (Lipinski definition) is 3. The van der Waals surface area contributed by atoms with Crippen molar-refractivity contribution in [3.05, 3.63) is 24.0 Å². The molecule has 1 saturated heterocycles. The maximum Gasteiger partial charge on any atom is 0.433 e. The molecule has 3 rings (SSSR count). The summed E-state index contributed by atoms with van der Waals surface area (Å²) in [6, 6.07) is 3.05. The van der Waals surface area contributed by atoms with Gasteiger partial charge in [0.1, 0.15) is 5.69 Å². The third kappa shape index (κ3) is 2.83. The van der Waals surface area contributed by atoms with E-state index in [0.29, 0.717) is 6.04 Å². The molecule has 1 aliphatic heterocycles. The largest absolute Gasteiger partial charge is 0.433 e. The Bertz CT molecular complexity index is 439. The molecule has 0 aromatic carbocycles. The Morgan fingerprint density at radius 3 is 2.63 bits per heavy atom. The number of anilines is 1. The number of piperazine rings is 1. The predicted molar refractivity (Wildman–Crippen MR) is 66.0 cm³/mol. The Hall–Kier alpha value is -1.30. The third-order valence-electron chi connectivity index (χ3n) is 3.80. The second kappa shape index (κ2) is 4.67. The minimum atomic E-state index is -4.36. The van der Waals surface area contributed by atoms with Crippen LogP contribution in [0.15, 0.2) is 18.3 Å². The second-order valence-electron chi connectivity index (χ2n) is 5.24. The highest BCUT2D eigenvalue weighted by Crippen LogP contribution is 2.34. The van der Waals surface area contributed by atoms with Crippen molar-refractivity contribution in [3.63, 3.8) is 0 Å². The first-order valence-electron chi connectivity index (χ1n) is 6.55. The number of nitrogens with zero attached hydrogens (tertiary/aromatic N) is 2. The van der Waals surface area contributed by atoms with Crippen LogP contribution >= 0.6 is 0 Å². The Morgan fingerprint density at radius 1 is 1.26 bits per heavy atom. The number of rotatable bonds is 2. The highest BCUT2D eigenvalue weighted by molar-refractivity contribution is 5.45. The van der Waals surface area contributed by atoms with E-state index in [1.165, 1.54) is 25.1 Å². The number of halogens is 3. The number of alkyl halides is 3. The summed E-state index contributed by atoms with van der Waals surface area (Å²) >= 11 is 0. The summed E-state index contributed by atoms with van der Waals surface area (Å²) in [5, 5.41) is 3.47. The minimum Gasteiger partial charge on any atom is -0.367 e. The fourth-order valence-corrected chi connectivity index (χ4v) is 2.57. The Morgan fingerprint density at radius 2 is 2.05 bits per heavy atom. The molecule has 2 fully saturated rings. The van der Waals surface area contributed by atoms with E-state index >= 15 is 0 Å². The smallest absolute Gasteiger partial charge is 0.367 e. The molecule has 0 spiro atoms. The van der Waals surface area contributed by atoms with Crippen molar-refractivity contribution in [2.75, 3.05) is 24.5 Å². The monoisotopic (exact) mass is 271 g/mol. The van der Waals surface area contributed by atoms with Crippen LogP contribution in [0, 0.1) is 5.92 Å². The maximum absolute atomic E-state index is 12.5. The first kappa shape index (κ1) is 12.7. The molecule has 2 heterocycles. The van der Waals surface area contributed by atoms with Crippen molar-refractivity contribution in [1.82, 2.24) is 10.3 Å². The third-order valence-corrected chi connectivity index (χ3v) is 3.80. The van der Waals surface area contributed by atoms with Gasteiger partial charge >= 0.3 is 6.18 Å². The fourth-order valence-electron chi connectivity index (χ4n) is 2.57. The van der Waals surface area contributed by atoms with Gasteiger partial charge in [-0.3, -0.25) is 0 Å². The lowest BCUT2D eigenvalue weighted by atomic mass is 10.1. The van der Waals surface area contributed by atoms with Gasteiger partial charge in [-0.15, -0.1) is 0 Å². The van der Waals surface area contributed by atoms with Gasteiger partial charge in [0.05, 0.1) is 11.9 Å². The van der Waals surface area contributed by atoms with Gasteiger partial charge in [-0.1, -0.05) is 0 Å². The van der Waals surface area contributed by atoms with Crippen molar-refractivity contribution < 1.29 is 13.2 Å². The quantitative estimate of drug-likeness (QED) is 0.894. The lowest BCUT2D eigenvalue weighted by Gasteiger charge is -2.35. The van der Waals surface area contributed by atoms with Crippen LogP contribution in [0.5, 0.6) is 0 Å². The fraction of sp³-hybridized carbons (Fsp3) is 0.615. The normalized spacial score (nSPS) is 24.6. The number of hydrogen-bond donors (Lipinski definition) is 1. The number of pyridine rings is 1. The van der Waals surface area contributed by atoms with Crippen LogP contribution < -0.4 is 10.2 Å². The molecule has 0 radical (unpaired) electrons. The Balaban J connectivity index is 1.71. The predicted octanol–water partition coefficient (Wildman–Crippen LogP) is 2.29. The van der Waals surface area contributed by atoms with Gasteiger partial charge in [0.25, 0.3) is 0 Å². The SMILES string of the molecule is FC(F)(F)c1ccc(N2CCNC(C3CC3)C2)cn1. The van der Waals surface area contributed by atoms with E-state index in [2.05, 4.69) is 15.2 Å². The van der Waals surface area contributed by atoms with Gasteiger partial charge in [0.2, 0.25) is 0 Å². The summed E-state index contributed by atoms with van der Waals surface area (Å²) in [6.45, 7) is 2.55. The van der Waals surface area contributed by atoms with Crippen LogP contribution in [0.4, 0.5) is 18.9 Å². The molecule has 2 aliphatic rings. The zero-order valence-corrected chi connectivity index (χ0v) is 10.5. The molecule has 1 unspecified atom stereocenters. The summed E-state index contributed by atoms with van der Waals surface area (Å²) in [6.07, 6.45) is -0.510. The molecule has 3 nitrogen and oxygen atoms in total. The molecular weight excluding hydrogens is 255 g/mol. The van der Waals surface area contributed by atoms with E-state index in [1.807, 2.05) is 0 Å². The molecule has 1 aromatic heterocycles. The summed E-state index contributed by atoms with van der Waals surface area (Å²) in [7, 11) is 0. The van der Waals surface area contributed by atoms with Crippen LogP contribution in [-0.2, 0) is 6.18 Å². The highest BCUT2D eigenvalue weighted by Gasteiger charge is 2.35. The summed E-state index contributed by atoms with van der Waals surface area (Å²) < 4.78 is 37.4. The van der Waals surface area contributed by atoms with Crippen LogP contribution in [0.3, 0.4) is 0 Å². The average molecular weight is 271 g/mol. The van der Waals surface area contributed by atoms with Crippen molar-refractivity contribution in [3.8, 4) is 0 Å². The molecule has 1 N–H and O–H groups in total. The van der Waals surface area contributed by atoms with E-state index in [4.69, 9.17) is 0 Å². The van der Waals surface area contributed by atoms with Gasteiger partial charge in [-0.2, -0.15) is 13.2 Å². The minimum absolute atomic E-state index is 0.469. The first-order chi connectivity index (χ1) is 9.04. The molecule has 104 valence electrons. The molecule has 19 heavy (non-hydrogen) atoms. The average Bonchev–Trinajstić information content (AvgIpc) is 3.22. The van der Waals surface area contributed by atoms with Crippen LogP contribution in [0.2, 0.25) is 0 Å². The van der Waals surface area contributed by atoms with Crippen molar-refractivity contribution in [1.29, 1.82) is 0 Å². The van der Waals surface area contributed by atoms with Crippen molar-refractivity contribution >= 4 is 5.69 Å². The summed E-state index contributed by atoms with van der Waals surface area (Å²) in [5.74, 6) is 0.741. The lowest BCUT2D eigenvalue weighted by Crippen LogP contribution is -2.51. The zero-order valence-electron chi connectivity index (χ0n) is 10.5. The highest BCUT2D eigenvalue weighted by atomic mass is 19.4. The molecule has 0 bridgehead atoms. The molecule has 6 heteroatoms. The van der Waals surface area contributed by atoms with E-state index in [0.717, 1.165) is 37.3 Å². The van der Waals surface area contributed by atoms with E-state index in [1.54, 1.807) is 0 Å². The van der Waals surface area contributed by atoms with Gasteiger partial charge in [0.15, 0.2) is 0 Å². The lowest BCUT2D eigenvalue weighted by molar-refractivity contribution is -0.141. The second-order valence-corrected chi connectivity index (χ2v) is 5.24. The van der Waals surface area contributed by atoms with Gasteiger partial charge in [0, 0.05) is 25.7 Å². The van der Waals surface area contributed by atoms with Gasteiger partial charge in [-0.05, 0) is 30.9 Å². The molecule has 1 aromatic rings. The van der Waals surface area contributed by atoms with Crippen LogP contribution in [-0.4, -0.2) is 30.7 Å². The number of aromatic nitrogens is 1. The van der Waals surface area contributed by atoms with Crippen molar-refractivity contribution in [2.45, 2.75) is 25.1 Å². The molecule has 1 saturated carbocycles. The zero-order chi connectivity index (χ0) is 13.5. The van der Waals surface area contributed by atoms with Crippen molar-refractivity contribution in [2.24, 2.45) is 5.92 Å². The Labute approximate surface area is 109 Å². The standard InChI is InChI=1S/C13H16F3N3/c14-13(15,16)12-4-3-10(7-18-12)19-6-5-17-11(8-19)9-1-2-9/h3-4,7,9,11,17H,1-2,5-6,8H2. The molecular formula is C13H16F3N3. The van der Waals surface area contributed by atoms with E-state index < -0.39 is 11.9 Å². The van der Waals surface area contributed by atoms with Crippen LogP contribution in [0.1, 0.15) is 18.5 Å². The van der Waals surface area contributed by atoms with Gasteiger partial charge in [-0.25, -0.2) is 4.98 Å². The Kier molecular flexibility index (Phi) is 3.12. The summed E-state index contributed by atoms with van der Waals surface area (Å²) in [5.41, 5.74) is -0.0507. The van der Waals surface area contributed by atoms with Crippen LogP contribution in [0.25, 0.3) is 0 Å². The van der Waals surface area contributed by atoms with Gasteiger partial charge < -0.3 is 10.2 Å². The first-order valence-corrected chi connectivity index (χ1v) is 6.55. The summed E-state index contributed by atoms with van der Waals surface area (Å²) in [4.78, 5) is 5.64. The maximum atomic E-state index is 12.5. The van der Waals surface area contributed by atoms with E-state index in [-0.39, 0.29) is 0 Å². The topological polar surface area (TPSA) is 28.2 Å². The molecule has 1 atom stereocenters.